The highest BCUT2D eigenvalue weighted by atomic mass is 16.5. The van der Waals surface area contributed by atoms with Crippen LogP contribution in [0.15, 0.2) is 18.6 Å². The number of carbonyl (C=O) groups is 1. The molecule has 5 heterocycles. The number of likely N-dealkylation sites (tertiary alicyclic amines) is 1. The maximum atomic E-state index is 12.9. The molecule has 0 bridgehead atoms. The zero-order chi connectivity index (χ0) is 17.6. The molecule has 7 nitrogen and oxygen atoms in total. The summed E-state index contributed by atoms with van der Waals surface area (Å²) in [6, 6.07) is 2.26. The third kappa shape index (κ3) is 2.70. The minimum Gasteiger partial charge on any atom is -0.381 e. The Labute approximate surface area is 152 Å². The van der Waals surface area contributed by atoms with Gasteiger partial charge in [-0.05, 0) is 31.7 Å². The molecule has 1 atom stereocenters. The van der Waals surface area contributed by atoms with Crippen LogP contribution < -0.4 is 0 Å². The molecule has 3 aliphatic rings. The van der Waals surface area contributed by atoms with Crippen LogP contribution >= 0.6 is 0 Å². The summed E-state index contributed by atoms with van der Waals surface area (Å²) in [5.41, 5.74) is 2.46. The second-order valence-corrected chi connectivity index (χ2v) is 7.84. The van der Waals surface area contributed by atoms with Gasteiger partial charge < -0.3 is 18.9 Å². The van der Waals surface area contributed by atoms with Gasteiger partial charge in [-0.15, -0.1) is 0 Å². The summed E-state index contributed by atoms with van der Waals surface area (Å²) in [4.78, 5) is 24.0. The molecule has 3 saturated heterocycles. The minimum absolute atomic E-state index is 0.0591. The Morgan fingerprint density at radius 3 is 2.85 bits per heavy atom. The third-order valence-corrected chi connectivity index (χ3v) is 6.15. The van der Waals surface area contributed by atoms with Crippen LogP contribution in [-0.2, 0) is 9.47 Å². The Morgan fingerprint density at radius 1 is 1.15 bits per heavy atom. The van der Waals surface area contributed by atoms with Gasteiger partial charge in [0.25, 0.3) is 5.91 Å². The van der Waals surface area contributed by atoms with E-state index in [4.69, 9.17) is 9.47 Å². The number of fused-ring (bicyclic) bond motifs is 1. The van der Waals surface area contributed by atoms with Crippen LogP contribution in [0.5, 0.6) is 0 Å². The fourth-order valence-corrected chi connectivity index (χ4v) is 4.53. The average molecular weight is 356 g/mol. The first-order valence-corrected chi connectivity index (χ1v) is 9.52. The lowest BCUT2D eigenvalue weighted by atomic mass is 9.87. The zero-order valence-corrected chi connectivity index (χ0v) is 14.9. The molecule has 26 heavy (non-hydrogen) atoms. The number of rotatable bonds is 2. The zero-order valence-electron chi connectivity index (χ0n) is 14.9. The lowest BCUT2D eigenvalue weighted by molar-refractivity contribution is 0.0704. The van der Waals surface area contributed by atoms with Crippen molar-refractivity contribution in [3.63, 3.8) is 0 Å². The second kappa shape index (κ2) is 6.32. The van der Waals surface area contributed by atoms with Crippen molar-refractivity contribution in [2.45, 2.75) is 31.7 Å². The van der Waals surface area contributed by atoms with Gasteiger partial charge in [0, 0.05) is 50.6 Å². The van der Waals surface area contributed by atoms with Crippen molar-refractivity contribution in [2.24, 2.45) is 5.41 Å². The molecule has 1 spiro atoms. The highest BCUT2D eigenvalue weighted by Crippen LogP contribution is 2.38. The van der Waals surface area contributed by atoms with Crippen molar-refractivity contribution >= 4 is 17.1 Å². The maximum absolute atomic E-state index is 12.9. The lowest BCUT2D eigenvalue weighted by Gasteiger charge is -2.23. The van der Waals surface area contributed by atoms with E-state index in [0.717, 1.165) is 76.4 Å². The molecule has 3 aliphatic heterocycles. The highest BCUT2D eigenvalue weighted by molar-refractivity contribution is 5.96. The van der Waals surface area contributed by atoms with Gasteiger partial charge in [0.1, 0.15) is 5.52 Å². The van der Waals surface area contributed by atoms with Gasteiger partial charge in [-0.2, -0.15) is 0 Å². The molecule has 2 aromatic heterocycles. The van der Waals surface area contributed by atoms with Crippen LogP contribution in [0.3, 0.4) is 0 Å². The summed E-state index contributed by atoms with van der Waals surface area (Å²) < 4.78 is 13.1. The van der Waals surface area contributed by atoms with E-state index >= 15 is 0 Å². The van der Waals surface area contributed by atoms with Gasteiger partial charge in [-0.1, -0.05) is 0 Å². The summed E-state index contributed by atoms with van der Waals surface area (Å²) in [6.07, 6.45) is 7.61. The van der Waals surface area contributed by atoms with Crippen LogP contribution in [0.1, 0.15) is 42.1 Å². The Hall–Kier alpha value is -1.99. The van der Waals surface area contributed by atoms with E-state index in [1.807, 2.05) is 17.3 Å². The quantitative estimate of drug-likeness (QED) is 0.824. The smallest absolute Gasteiger partial charge is 0.255 e. The van der Waals surface area contributed by atoms with Crippen LogP contribution in [0.25, 0.3) is 11.2 Å². The Bertz CT molecular complexity index is 821. The SMILES string of the molecule is O=C(c1cnc2c(c1)ncn2C1CCOCC1)N1CCC2(CCOC2)C1. The van der Waals surface area contributed by atoms with Crippen LogP contribution in [-0.4, -0.2) is 64.9 Å². The first kappa shape index (κ1) is 16.2. The number of nitrogens with zero attached hydrogens (tertiary/aromatic N) is 4. The van der Waals surface area contributed by atoms with Gasteiger partial charge in [0.2, 0.25) is 0 Å². The summed E-state index contributed by atoms with van der Waals surface area (Å²) in [5, 5.41) is 0. The number of pyridine rings is 1. The molecule has 7 heteroatoms. The van der Waals surface area contributed by atoms with Crippen molar-refractivity contribution in [3.8, 4) is 0 Å². The van der Waals surface area contributed by atoms with Crippen molar-refractivity contribution in [2.75, 3.05) is 39.5 Å². The van der Waals surface area contributed by atoms with Crippen LogP contribution in [0.2, 0.25) is 0 Å². The minimum atomic E-state index is 0.0591. The number of carbonyl (C=O) groups excluding carboxylic acids is 1. The molecule has 1 unspecified atom stereocenters. The van der Waals surface area contributed by atoms with Crippen LogP contribution in [0.4, 0.5) is 0 Å². The topological polar surface area (TPSA) is 69.5 Å². The molecule has 0 radical (unpaired) electrons. The van der Waals surface area contributed by atoms with Crippen molar-refractivity contribution < 1.29 is 14.3 Å². The number of imidazole rings is 1. The summed E-state index contributed by atoms with van der Waals surface area (Å²) >= 11 is 0. The van der Waals surface area contributed by atoms with Gasteiger partial charge in [0.15, 0.2) is 5.65 Å². The third-order valence-electron chi connectivity index (χ3n) is 6.15. The monoisotopic (exact) mass is 356 g/mol. The van der Waals surface area contributed by atoms with E-state index in [9.17, 15) is 4.79 Å². The van der Waals surface area contributed by atoms with Gasteiger partial charge in [-0.3, -0.25) is 4.79 Å². The van der Waals surface area contributed by atoms with E-state index < -0.39 is 0 Å². The molecule has 0 aliphatic carbocycles. The van der Waals surface area contributed by atoms with E-state index in [0.29, 0.717) is 11.6 Å². The molecule has 3 fully saturated rings. The standard InChI is InChI=1S/C19H24N4O3/c24-18(22-5-3-19(11-22)4-8-26-12-19)14-9-16-17(20-10-14)23(13-21-16)15-1-6-25-7-2-15/h9-10,13,15H,1-8,11-12H2. The predicted octanol–water partition coefficient (Wildman–Crippen LogP) is 2.04. The summed E-state index contributed by atoms with van der Waals surface area (Å²) in [5.74, 6) is 0.0591. The summed E-state index contributed by atoms with van der Waals surface area (Å²) in [6.45, 7) is 4.75. The molecule has 0 N–H and O–H groups in total. The number of ether oxygens (including phenoxy) is 2. The highest BCUT2D eigenvalue weighted by Gasteiger charge is 2.43. The molecule has 0 saturated carbocycles. The van der Waals surface area contributed by atoms with Crippen molar-refractivity contribution in [3.05, 3.63) is 24.2 Å². The van der Waals surface area contributed by atoms with Gasteiger partial charge >= 0.3 is 0 Å². The Balaban J connectivity index is 1.37. The first-order chi connectivity index (χ1) is 12.7. The molecular weight excluding hydrogens is 332 g/mol. The molecule has 1 amide bonds. The number of amides is 1. The Kier molecular flexibility index (Phi) is 3.94. The molecule has 2 aromatic rings. The van der Waals surface area contributed by atoms with Crippen molar-refractivity contribution in [1.82, 2.24) is 19.4 Å². The fraction of sp³-hybridized carbons (Fsp3) is 0.632. The van der Waals surface area contributed by atoms with Crippen molar-refractivity contribution in [1.29, 1.82) is 0 Å². The average Bonchev–Trinajstić information content (AvgIpc) is 3.42. The first-order valence-electron chi connectivity index (χ1n) is 9.52. The Morgan fingerprint density at radius 2 is 2.04 bits per heavy atom. The predicted molar refractivity (Wildman–Crippen MR) is 95.0 cm³/mol. The molecule has 0 aromatic carbocycles. The fourth-order valence-electron chi connectivity index (χ4n) is 4.53. The summed E-state index contributed by atoms with van der Waals surface area (Å²) in [7, 11) is 0. The van der Waals surface area contributed by atoms with Gasteiger partial charge in [0.05, 0.1) is 18.5 Å². The molecule has 138 valence electrons. The lowest BCUT2D eigenvalue weighted by Crippen LogP contribution is -2.32. The number of hydrogen-bond donors (Lipinski definition) is 0. The van der Waals surface area contributed by atoms with Gasteiger partial charge in [-0.25, -0.2) is 9.97 Å². The van der Waals surface area contributed by atoms with E-state index in [2.05, 4.69) is 14.5 Å². The maximum Gasteiger partial charge on any atom is 0.255 e. The normalized spacial score (nSPS) is 27.0. The van der Waals surface area contributed by atoms with E-state index in [1.165, 1.54) is 0 Å². The number of aromatic nitrogens is 3. The van der Waals surface area contributed by atoms with Crippen LogP contribution in [0, 0.1) is 5.41 Å². The largest absolute Gasteiger partial charge is 0.381 e. The van der Waals surface area contributed by atoms with E-state index in [-0.39, 0.29) is 11.3 Å². The molecule has 5 rings (SSSR count). The van der Waals surface area contributed by atoms with E-state index in [1.54, 1.807) is 6.20 Å². The second-order valence-electron chi connectivity index (χ2n) is 7.84. The number of hydrogen-bond acceptors (Lipinski definition) is 5. The molecular formula is C19H24N4O3.